The molecule has 69 heavy (non-hydrogen) atoms. The molecule has 0 heterocycles. The van der Waals surface area contributed by atoms with Crippen LogP contribution in [0.1, 0.15) is 192 Å². The zero-order valence-electron chi connectivity index (χ0n) is 41.3. The number of aliphatic imine (C=N–C) groups is 1. The van der Waals surface area contributed by atoms with Crippen molar-refractivity contribution in [2.45, 2.75) is 155 Å². The standard InChI is InChI=1S/C60H75NO8/c1-3-5-7-9-11-13-15-16-18-20-22-24-45-66-54-36-30-50(31-37-54)59(63)68-56-40-42-57(43-41-56)69-60(64)51-27-25-26-48(46-51)47-61-52-32-38-55(39-33-52)67-58(62)49-28-34-53(35-29-49)65-44-23-21-19-17-14-12-10-8-6-4-2/h25-43,46-47H,3-24,44-45H2,1-2H3. The first-order valence-electron chi connectivity index (χ1n) is 25.9. The molecular formula is C60H75NO8. The van der Waals surface area contributed by atoms with Crippen LogP contribution in [-0.4, -0.2) is 37.3 Å². The van der Waals surface area contributed by atoms with Gasteiger partial charge in [-0.1, -0.05) is 154 Å². The fourth-order valence-electron chi connectivity index (χ4n) is 7.86. The van der Waals surface area contributed by atoms with E-state index in [1.807, 2.05) is 6.07 Å². The Labute approximate surface area is 412 Å². The minimum Gasteiger partial charge on any atom is -0.494 e. The fourth-order valence-corrected chi connectivity index (χ4v) is 7.86. The summed E-state index contributed by atoms with van der Waals surface area (Å²) in [5, 5.41) is 0. The second-order valence-corrected chi connectivity index (χ2v) is 17.8. The highest BCUT2D eigenvalue weighted by Crippen LogP contribution is 2.24. The molecule has 0 unspecified atom stereocenters. The van der Waals surface area contributed by atoms with E-state index in [1.165, 1.54) is 122 Å². The summed E-state index contributed by atoms with van der Waals surface area (Å²) in [6, 6.07) is 34.1. The molecule has 0 saturated carbocycles. The summed E-state index contributed by atoms with van der Waals surface area (Å²) >= 11 is 0. The van der Waals surface area contributed by atoms with Gasteiger partial charge in [0, 0.05) is 6.21 Å². The molecule has 9 nitrogen and oxygen atoms in total. The molecule has 0 atom stereocenters. The number of hydrogen-bond acceptors (Lipinski definition) is 9. The molecule has 0 aliphatic carbocycles. The summed E-state index contributed by atoms with van der Waals surface area (Å²) < 4.78 is 28.5. The number of nitrogens with zero attached hydrogens (tertiary/aromatic N) is 1. The zero-order valence-corrected chi connectivity index (χ0v) is 41.3. The van der Waals surface area contributed by atoms with Gasteiger partial charge in [-0.2, -0.15) is 0 Å². The van der Waals surface area contributed by atoms with Crippen molar-refractivity contribution in [3.8, 4) is 28.7 Å². The van der Waals surface area contributed by atoms with Gasteiger partial charge in [0.15, 0.2) is 0 Å². The van der Waals surface area contributed by atoms with E-state index in [1.54, 1.807) is 121 Å². The molecule has 5 aromatic rings. The summed E-state index contributed by atoms with van der Waals surface area (Å²) in [6.45, 7) is 5.83. The van der Waals surface area contributed by atoms with E-state index in [2.05, 4.69) is 18.8 Å². The van der Waals surface area contributed by atoms with Crippen molar-refractivity contribution in [2.24, 2.45) is 4.99 Å². The van der Waals surface area contributed by atoms with E-state index >= 15 is 0 Å². The van der Waals surface area contributed by atoms with Crippen molar-refractivity contribution in [3.05, 3.63) is 144 Å². The van der Waals surface area contributed by atoms with Crippen molar-refractivity contribution in [1.29, 1.82) is 0 Å². The predicted octanol–water partition coefficient (Wildman–Crippen LogP) is 16.5. The van der Waals surface area contributed by atoms with Crippen LogP contribution in [0.25, 0.3) is 0 Å². The molecular weight excluding hydrogens is 863 g/mol. The molecule has 0 saturated heterocycles. The minimum absolute atomic E-state index is 0.301. The molecule has 0 N–H and O–H groups in total. The third-order valence-corrected chi connectivity index (χ3v) is 12.0. The Morgan fingerprint density at radius 3 is 1.10 bits per heavy atom. The third kappa shape index (κ3) is 21.7. The molecule has 9 heteroatoms. The summed E-state index contributed by atoms with van der Waals surface area (Å²) in [5.41, 5.74) is 2.51. The lowest BCUT2D eigenvalue weighted by Crippen LogP contribution is -2.10. The maximum absolute atomic E-state index is 13.1. The lowest BCUT2D eigenvalue weighted by Gasteiger charge is -2.09. The Morgan fingerprint density at radius 1 is 0.377 bits per heavy atom. The van der Waals surface area contributed by atoms with Gasteiger partial charge >= 0.3 is 17.9 Å². The van der Waals surface area contributed by atoms with Crippen LogP contribution in [0.4, 0.5) is 5.69 Å². The van der Waals surface area contributed by atoms with E-state index in [4.69, 9.17) is 23.7 Å². The molecule has 5 aromatic carbocycles. The topological polar surface area (TPSA) is 110 Å². The van der Waals surface area contributed by atoms with Crippen LogP contribution in [0, 0.1) is 0 Å². The second-order valence-electron chi connectivity index (χ2n) is 17.8. The molecule has 0 spiro atoms. The van der Waals surface area contributed by atoms with Crippen molar-refractivity contribution in [1.82, 2.24) is 0 Å². The Morgan fingerprint density at radius 2 is 0.710 bits per heavy atom. The molecule has 5 rings (SSSR count). The maximum Gasteiger partial charge on any atom is 0.343 e. The van der Waals surface area contributed by atoms with Gasteiger partial charge in [-0.25, -0.2) is 14.4 Å². The first-order valence-corrected chi connectivity index (χ1v) is 25.9. The predicted molar refractivity (Wildman–Crippen MR) is 278 cm³/mol. The zero-order chi connectivity index (χ0) is 48.6. The quantitative estimate of drug-likeness (QED) is 0.0174. The first-order chi connectivity index (χ1) is 33.9. The van der Waals surface area contributed by atoms with Crippen molar-refractivity contribution in [3.63, 3.8) is 0 Å². The SMILES string of the molecule is CCCCCCCCCCCCCCOc1ccc(C(=O)Oc2ccc(OC(=O)c3cccc(C=Nc4ccc(OC(=O)c5ccc(OCCCCCCCCCCCC)cc5)cc4)c3)cc2)cc1. The lowest BCUT2D eigenvalue weighted by molar-refractivity contribution is 0.0719. The summed E-state index contributed by atoms with van der Waals surface area (Å²) in [5.74, 6) is 0.975. The van der Waals surface area contributed by atoms with Gasteiger partial charge in [0.1, 0.15) is 28.7 Å². The lowest BCUT2D eigenvalue weighted by atomic mass is 10.1. The monoisotopic (exact) mass is 938 g/mol. The second kappa shape index (κ2) is 32.5. The largest absolute Gasteiger partial charge is 0.494 e. The molecule has 0 aliphatic heterocycles. The van der Waals surface area contributed by atoms with E-state index in [9.17, 15) is 14.4 Å². The Kier molecular flexibility index (Phi) is 25.3. The number of ether oxygens (including phenoxy) is 5. The summed E-state index contributed by atoms with van der Waals surface area (Å²) in [6.07, 6.45) is 30.0. The van der Waals surface area contributed by atoms with Crippen LogP contribution >= 0.6 is 0 Å². The van der Waals surface area contributed by atoms with Gasteiger partial charge in [-0.3, -0.25) is 4.99 Å². The number of rotatable bonds is 34. The number of carbonyl (C=O) groups excluding carboxylic acids is 3. The van der Waals surface area contributed by atoms with Crippen LogP contribution in [0.5, 0.6) is 28.7 Å². The maximum atomic E-state index is 13.1. The van der Waals surface area contributed by atoms with Crippen molar-refractivity contribution >= 4 is 29.8 Å². The van der Waals surface area contributed by atoms with Gasteiger partial charge in [-0.15, -0.1) is 0 Å². The highest BCUT2D eigenvalue weighted by molar-refractivity contribution is 5.94. The number of carbonyl (C=O) groups is 3. The number of benzene rings is 5. The number of unbranched alkanes of at least 4 members (excludes halogenated alkanes) is 20. The number of hydrogen-bond donors (Lipinski definition) is 0. The van der Waals surface area contributed by atoms with Gasteiger partial charge < -0.3 is 23.7 Å². The molecule has 0 aliphatic rings. The first kappa shape index (κ1) is 53.7. The highest BCUT2D eigenvalue weighted by atomic mass is 16.5. The van der Waals surface area contributed by atoms with Gasteiger partial charge in [0.05, 0.1) is 35.6 Å². The molecule has 0 amide bonds. The van der Waals surface area contributed by atoms with Crippen LogP contribution < -0.4 is 23.7 Å². The highest BCUT2D eigenvalue weighted by Gasteiger charge is 2.13. The normalized spacial score (nSPS) is 11.1. The summed E-state index contributed by atoms with van der Waals surface area (Å²) in [7, 11) is 0. The third-order valence-electron chi connectivity index (χ3n) is 12.0. The molecule has 0 aromatic heterocycles. The Bertz CT molecular complexity index is 2230. The average Bonchev–Trinajstić information content (AvgIpc) is 3.37. The van der Waals surface area contributed by atoms with Crippen LogP contribution in [-0.2, 0) is 0 Å². The smallest absolute Gasteiger partial charge is 0.343 e. The molecule has 0 radical (unpaired) electrons. The molecule has 368 valence electrons. The fraction of sp³-hybridized carbons (Fsp3) is 0.433. The van der Waals surface area contributed by atoms with Gasteiger partial charge in [-0.05, 0) is 128 Å². The Balaban J connectivity index is 0.957. The number of esters is 3. The van der Waals surface area contributed by atoms with Gasteiger partial charge in [0.25, 0.3) is 0 Å². The van der Waals surface area contributed by atoms with Crippen LogP contribution in [0.3, 0.4) is 0 Å². The van der Waals surface area contributed by atoms with Crippen molar-refractivity contribution in [2.75, 3.05) is 13.2 Å². The average molecular weight is 938 g/mol. The van der Waals surface area contributed by atoms with E-state index in [0.717, 1.165) is 30.8 Å². The summed E-state index contributed by atoms with van der Waals surface area (Å²) in [4.78, 5) is 43.2. The molecule has 0 fully saturated rings. The Hall–Kier alpha value is -6.22. The van der Waals surface area contributed by atoms with E-state index in [0.29, 0.717) is 58.4 Å². The van der Waals surface area contributed by atoms with Crippen LogP contribution in [0.15, 0.2) is 126 Å². The van der Waals surface area contributed by atoms with Crippen LogP contribution in [0.2, 0.25) is 0 Å². The van der Waals surface area contributed by atoms with E-state index < -0.39 is 17.9 Å². The molecule has 0 bridgehead atoms. The van der Waals surface area contributed by atoms with E-state index in [-0.39, 0.29) is 0 Å². The van der Waals surface area contributed by atoms with Gasteiger partial charge in [0.2, 0.25) is 0 Å². The minimum atomic E-state index is -0.547. The van der Waals surface area contributed by atoms with Crippen molar-refractivity contribution < 1.29 is 38.1 Å².